The molecule has 0 saturated carbocycles. The molecule has 7 nitrogen and oxygen atoms in total. The second kappa shape index (κ2) is 12.4. The number of esters is 1. The van der Waals surface area contributed by atoms with Crippen LogP contribution >= 0.6 is 23.2 Å². The molecular formula is C27H26Cl2N2O5. The van der Waals surface area contributed by atoms with Gasteiger partial charge in [0.05, 0.1) is 23.9 Å². The summed E-state index contributed by atoms with van der Waals surface area (Å²) in [5.41, 5.74) is 5.29. The Morgan fingerprint density at radius 1 is 1.00 bits per heavy atom. The number of amides is 1. The van der Waals surface area contributed by atoms with Crippen molar-refractivity contribution in [1.29, 1.82) is 0 Å². The summed E-state index contributed by atoms with van der Waals surface area (Å²) in [4.78, 5) is 24.7. The van der Waals surface area contributed by atoms with Gasteiger partial charge >= 0.3 is 5.97 Å². The first-order valence-electron chi connectivity index (χ1n) is 11.1. The van der Waals surface area contributed by atoms with Gasteiger partial charge in [0.25, 0.3) is 5.91 Å². The van der Waals surface area contributed by atoms with Crippen molar-refractivity contribution in [1.82, 2.24) is 5.43 Å². The first kappa shape index (κ1) is 27.0. The maximum atomic E-state index is 12.5. The molecule has 0 fully saturated rings. The van der Waals surface area contributed by atoms with E-state index in [4.69, 9.17) is 37.4 Å². The molecule has 0 atom stereocenters. The molecule has 0 heterocycles. The van der Waals surface area contributed by atoms with Gasteiger partial charge in [-0.2, -0.15) is 5.10 Å². The van der Waals surface area contributed by atoms with Crippen LogP contribution in [0.15, 0.2) is 59.7 Å². The zero-order valence-electron chi connectivity index (χ0n) is 20.3. The molecule has 0 saturated heterocycles. The van der Waals surface area contributed by atoms with Crippen LogP contribution in [-0.2, 0) is 4.79 Å². The molecule has 9 heteroatoms. The van der Waals surface area contributed by atoms with Gasteiger partial charge in [0.1, 0.15) is 5.75 Å². The van der Waals surface area contributed by atoms with Gasteiger partial charge in [-0.05, 0) is 72.0 Å². The van der Waals surface area contributed by atoms with Crippen LogP contribution in [0.3, 0.4) is 0 Å². The third-order valence-corrected chi connectivity index (χ3v) is 5.73. The number of hydrogen-bond acceptors (Lipinski definition) is 6. The highest BCUT2D eigenvalue weighted by Crippen LogP contribution is 2.30. The van der Waals surface area contributed by atoms with Crippen molar-refractivity contribution in [2.75, 3.05) is 13.7 Å². The van der Waals surface area contributed by atoms with E-state index in [9.17, 15) is 9.59 Å². The molecule has 0 spiro atoms. The number of methoxy groups -OCH3 is 1. The Labute approximate surface area is 220 Å². The first-order valence-corrected chi connectivity index (χ1v) is 11.8. The number of nitrogens with zero attached hydrogens (tertiary/aromatic N) is 1. The van der Waals surface area contributed by atoms with Crippen LogP contribution in [-0.4, -0.2) is 31.8 Å². The lowest BCUT2D eigenvalue weighted by Crippen LogP contribution is -2.24. The molecule has 1 N–H and O–H groups in total. The highest BCUT2D eigenvalue weighted by molar-refractivity contribution is 6.36. The van der Waals surface area contributed by atoms with Crippen molar-refractivity contribution < 1.29 is 23.8 Å². The lowest BCUT2D eigenvalue weighted by molar-refractivity contribution is -0.123. The van der Waals surface area contributed by atoms with Crippen molar-refractivity contribution in [3.8, 4) is 17.2 Å². The van der Waals surface area contributed by atoms with Crippen LogP contribution in [0.25, 0.3) is 0 Å². The van der Waals surface area contributed by atoms with Crippen molar-refractivity contribution >= 4 is 41.3 Å². The molecule has 36 heavy (non-hydrogen) atoms. The number of carbonyl (C=O) groups excluding carboxylic acids is 2. The molecule has 0 radical (unpaired) electrons. The SMILES string of the molecule is COc1cc(C=NNC(=O)COc2cc(C(C)C)ccc2C)ccc1OC(=O)c1ccc(Cl)cc1Cl. The van der Waals surface area contributed by atoms with Crippen LogP contribution < -0.4 is 19.6 Å². The van der Waals surface area contributed by atoms with Crippen molar-refractivity contribution in [2.24, 2.45) is 5.10 Å². The van der Waals surface area contributed by atoms with Gasteiger partial charge in [0, 0.05) is 5.02 Å². The Kier molecular flexibility index (Phi) is 9.33. The zero-order chi connectivity index (χ0) is 26.2. The molecule has 0 bridgehead atoms. The van der Waals surface area contributed by atoms with Gasteiger partial charge in [0.15, 0.2) is 18.1 Å². The summed E-state index contributed by atoms with van der Waals surface area (Å²) in [6.45, 7) is 5.94. The Morgan fingerprint density at radius 3 is 2.47 bits per heavy atom. The van der Waals surface area contributed by atoms with Crippen molar-refractivity contribution in [2.45, 2.75) is 26.7 Å². The number of carbonyl (C=O) groups is 2. The second-order valence-electron chi connectivity index (χ2n) is 8.19. The van der Waals surface area contributed by atoms with Crippen LogP contribution in [0.2, 0.25) is 10.0 Å². The van der Waals surface area contributed by atoms with Crippen LogP contribution in [0.5, 0.6) is 17.2 Å². The highest BCUT2D eigenvalue weighted by Gasteiger charge is 2.16. The fourth-order valence-electron chi connectivity index (χ4n) is 3.14. The summed E-state index contributed by atoms with van der Waals surface area (Å²) in [5.74, 6) is 0.453. The Bertz CT molecular complexity index is 1290. The van der Waals surface area contributed by atoms with Crippen LogP contribution in [0.1, 0.15) is 46.8 Å². The number of ether oxygens (including phenoxy) is 3. The van der Waals surface area contributed by atoms with E-state index in [1.807, 2.05) is 25.1 Å². The molecule has 188 valence electrons. The van der Waals surface area contributed by atoms with E-state index in [2.05, 4.69) is 24.4 Å². The number of benzene rings is 3. The van der Waals surface area contributed by atoms with E-state index in [0.29, 0.717) is 28.0 Å². The van der Waals surface area contributed by atoms with E-state index in [0.717, 1.165) is 11.1 Å². The summed E-state index contributed by atoms with van der Waals surface area (Å²) in [6.07, 6.45) is 1.44. The number of aryl methyl sites for hydroxylation is 1. The fraction of sp³-hybridized carbons (Fsp3) is 0.222. The molecule has 0 aliphatic carbocycles. The molecule has 0 aromatic heterocycles. The number of hydrazone groups is 1. The summed E-state index contributed by atoms with van der Waals surface area (Å²) >= 11 is 12.0. The van der Waals surface area contributed by atoms with Gasteiger partial charge in [-0.15, -0.1) is 0 Å². The van der Waals surface area contributed by atoms with Gasteiger partial charge in [0.2, 0.25) is 0 Å². The third kappa shape index (κ3) is 7.23. The number of halogens is 2. The predicted molar refractivity (Wildman–Crippen MR) is 141 cm³/mol. The monoisotopic (exact) mass is 528 g/mol. The summed E-state index contributed by atoms with van der Waals surface area (Å²) < 4.78 is 16.4. The largest absolute Gasteiger partial charge is 0.493 e. The number of hydrogen-bond donors (Lipinski definition) is 1. The average Bonchev–Trinajstić information content (AvgIpc) is 2.84. The minimum atomic E-state index is -0.655. The standard InChI is InChI=1S/C27H26Cl2N2O5/c1-16(2)19-7-5-17(3)24(12-19)35-15-26(32)31-30-14-18-6-10-23(25(11-18)34-4)36-27(33)21-9-8-20(28)13-22(21)29/h5-14,16H,15H2,1-4H3,(H,31,32). The summed E-state index contributed by atoms with van der Waals surface area (Å²) in [7, 11) is 1.44. The molecule has 0 aliphatic heterocycles. The van der Waals surface area contributed by atoms with E-state index in [1.165, 1.54) is 25.5 Å². The Balaban J connectivity index is 1.59. The quantitative estimate of drug-likeness (QED) is 0.155. The third-order valence-electron chi connectivity index (χ3n) is 5.18. The van der Waals surface area contributed by atoms with Gasteiger partial charge < -0.3 is 14.2 Å². The summed E-state index contributed by atoms with van der Waals surface area (Å²) in [5, 5.41) is 4.55. The zero-order valence-corrected chi connectivity index (χ0v) is 21.8. The fourth-order valence-corrected chi connectivity index (χ4v) is 3.63. The molecule has 1 amide bonds. The van der Waals surface area contributed by atoms with Crippen LogP contribution in [0, 0.1) is 6.92 Å². The first-order chi connectivity index (χ1) is 17.2. The Morgan fingerprint density at radius 2 is 1.78 bits per heavy atom. The maximum Gasteiger partial charge on any atom is 0.345 e. The molecule has 3 aromatic carbocycles. The lowest BCUT2D eigenvalue weighted by atomic mass is 10.0. The van der Waals surface area contributed by atoms with Crippen molar-refractivity contribution in [3.05, 3.63) is 86.9 Å². The normalized spacial score (nSPS) is 11.0. The molecule has 0 unspecified atom stereocenters. The molecular weight excluding hydrogens is 503 g/mol. The summed E-state index contributed by atoms with van der Waals surface area (Å²) in [6, 6.07) is 15.3. The molecule has 3 aromatic rings. The van der Waals surface area contributed by atoms with Gasteiger partial charge in [-0.1, -0.05) is 49.2 Å². The lowest BCUT2D eigenvalue weighted by Gasteiger charge is -2.12. The van der Waals surface area contributed by atoms with Gasteiger partial charge in [-0.25, -0.2) is 10.2 Å². The minimum Gasteiger partial charge on any atom is -0.493 e. The number of rotatable bonds is 9. The van der Waals surface area contributed by atoms with Gasteiger partial charge in [-0.3, -0.25) is 4.79 Å². The maximum absolute atomic E-state index is 12.5. The van der Waals surface area contributed by atoms with E-state index in [1.54, 1.807) is 24.3 Å². The van der Waals surface area contributed by atoms with E-state index in [-0.39, 0.29) is 22.9 Å². The molecule has 3 rings (SSSR count). The Hall–Kier alpha value is -3.55. The smallest absolute Gasteiger partial charge is 0.345 e. The number of nitrogens with one attached hydrogen (secondary N) is 1. The van der Waals surface area contributed by atoms with E-state index < -0.39 is 11.9 Å². The van der Waals surface area contributed by atoms with E-state index >= 15 is 0 Å². The highest BCUT2D eigenvalue weighted by atomic mass is 35.5. The predicted octanol–water partition coefficient (Wildman–Crippen LogP) is 6.18. The minimum absolute atomic E-state index is 0.171. The van der Waals surface area contributed by atoms with Crippen LogP contribution in [0.4, 0.5) is 0 Å². The molecule has 0 aliphatic rings. The average molecular weight is 529 g/mol. The topological polar surface area (TPSA) is 86.2 Å². The second-order valence-corrected chi connectivity index (χ2v) is 9.03. The van der Waals surface area contributed by atoms with Crippen molar-refractivity contribution in [3.63, 3.8) is 0 Å².